The van der Waals surface area contributed by atoms with Gasteiger partial charge in [-0.1, -0.05) is 28.9 Å². The number of carbonyl (C=O) groups is 3. The summed E-state index contributed by atoms with van der Waals surface area (Å²) in [6.45, 7) is 7.75. The predicted molar refractivity (Wildman–Crippen MR) is 89.1 cm³/mol. The fraction of sp³-hybridized carbons (Fsp3) is 0.500. The number of benzene rings is 1. The van der Waals surface area contributed by atoms with Crippen LogP contribution in [0.1, 0.15) is 54.4 Å². The van der Waals surface area contributed by atoms with E-state index in [2.05, 4.69) is 22.0 Å². The Kier molecular flexibility index (Phi) is 5.00. The number of Topliss-reactive ketones (excluding diaryl/α,β-unsaturated/α-hetero) is 3. The number of ketones is 3. The molecule has 1 aromatic rings. The topological polar surface area (TPSA) is 51.2 Å². The van der Waals surface area contributed by atoms with Crippen LogP contribution < -0.4 is 0 Å². The third kappa shape index (κ3) is 2.94. The zero-order valence-corrected chi connectivity index (χ0v) is 15.0. The van der Waals surface area contributed by atoms with E-state index in [-0.39, 0.29) is 42.5 Å². The van der Waals surface area contributed by atoms with Crippen molar-refractivity contribution in [3.63, 3.8) is 0 Å². The Bertz CT molecular complexity index is 643. The summed E-state index contributed by atoms with van der Waals surface area (Å²) >= 11 is 3.58. The highest BCUT2D eigenvalue weighted by atomic mass is 79.9. The summed E-state index contributed by atoms with van der Waals surface area (Å²) in [7, 11) is 0. The molecule has 0 aliphatic heterocycles. The lowest BCUT2D eigenvalue weighted by Crippen LogP contribution is -2.38. The summed E-state index contributed by atoms with van der Waals surface area (Å²) < 4.78 is 1.03. The molecule has 0 heterocycles. The van der Waals surface area contributed by atoms with Crippen molar-refractivity contribution in [2.75, 3.05) is 0 Å². The Balaban J connectivity index is 2.38. The van der Waals surface area contributed by atoms with Crippen molar-refractivity contribution in [1.29, 1.82) is 0 Å². The molecule has 1 aliphatic rings. The summed E-state index contributed by atoms with van der Waals surface area (Å²) in [5, 5.41) is 0. The molecule has 0 spiro atoms. The molecule has 118 valence electrons. The van der Waals surface area contributed by atoms with Crippen LogP contribution in [0.4, 0.5) is 0 Å². The maximum Gasteiger partial charge on any atom is 0.151 e. The molecule has 4 heteroatoms. The van der Waals surface area contributed by atoms with Crippen LogP contribution in [0, 0.1) is 26.7 Å². The number of aryl methyl sites for hydroxylation is 2. The third-order valence-corrected chi connectivity index (χ3v) is 5.78. The van der Waals surface area contributed by atoms with E-state index in [1.54, 1.807) is 6.92 Å². The molecule has 22 heavy (non-hydrogen) atoms. The molecule has 1 saturated carbocycles. The highest BCUT2D eigenvalue weighted by Gasteiger charge is 2.40. The molecule has 0 bridgehead atoms. The molecule has 0 radical (unpaired) electrons. The summed E-state index contributed by atoms with van der Waals surface area (Å²) in [5.41, 5.74) is 4.40. The van der Waals surface area contributed by atoms with E-state index in [4.69, 9.17) is 0 Å². The van der Waals surface area contributed by atoms with Crippen LogP contribution in [0.3, 0.4) is 0 Å². The second kappa shape index (κ2) is 6.45. The molecule has 3 nitrogen and oxygen atoms in total. The fourth-order valence-electron chi connectivity index (χ4n) is 3.54. The van der Waals surface area contributed by atoms with E-state index in [1.165, 1.54) is 0 Å². The van der Waals surface area contributed by atoms with Crippen LogP contribution >= 0.6 is 15.9 Å². The van der Waals surface area contributed by atoms with Gasteiger partial charge in [0.15, 0.2) is 17.3 Å². The number of hydrogen-bond acceptors (Lipinski definition) is 3. The van der Waals surface area contributed by atoms with Crippen molar-refractivity contribution in [2.24, 2.45) is 5.92 Å². The molecule has 0 saturated heterocycles. The summed E-state index contributed by atoms with van der Waals surface area (Å²) in [5.74, 6) is -1.81. The minimum absolute atomic E-state index is 0.113. The Morgan fingerprint density at radius 2 is 1.68 bits per heavy atom. The number of rotatable bonds is 3. The highest BCUT2D eigenvalue weighted by molar-refractivity contribution is 9.10. The van der Waals surface area contributed by atoms with Crippen LogP contribution in [0.25, 0.3) is 0 Å². The molecule has 0 unspecified atom stereocenters. The second-order valence-electron chi connectivity index (χ2n) is 6.15. The Morgan fingerprint density at radius 3 is 2.18 bits per heavy atom. The van der Waals surface area contributed by atoms with Gasteiger partial charge in [-0.3, -0.25) is 14.4 Å². The zero-order chi connectivity index (χ0) is 16.6. The van der Waals surface area contributed by atoms with Crippen molar-refractivity contribution in [1.82, 2.24) is 0 Å². The monoisotopic (exact) mass is 364 g/mol. The first-order valence-electron chi connectivity index (χ1n) is 7.62. The van der Waals surface area contributed by atoms with E-state index < -0.39 is 5.92 Å². The molecule has 1 aliphatic carbocycles. The van der Waals surface area contributed by atoms with Gasteiger partial charge < -0.3 is 0 Å². The lowest BCUT2D eigenvalue weighted by molar-refractivity contribution is -0.142. The van der Waals surface area contributed by atoms with Gasteiger partial charge >= 0.3 is 0 Å². The van der Waals surface area contributed by atoms with Crippen molar-refractivity contribution in [3.05, 3.63) is 32.8 Å². The van der Waals surface area contributed by atoms with E-state index >= 15 is 0 Å². The van der Waals surface area contributed by atoms with E-state index in [0.29, 0.717) is 0 Å². The Morgan fingerprint density at radius 1 is 1.14 bits per heavy atom. The normalized spacial score (nSPS) is 22.0. The van der Waals surface area contributed by atoms with Gasteiger partial charge in [-0.15, -0.1) is 0 Å². The summed E-state index contributed by atoms with van der Waals surface area (Å²) in [6, 6.07) is 2.07. The minimum Gasteiger partial charge on any atom is -0.298 e. The van der Waals surface area contributed by atoms with Gasteiger partial charge in [0.05, 0.1) is 0 Å². The van der Waals surface area contributed by atoms with Crippen molar-refractivity contribution in [2.45, 2.75) is 52.9 Å². The van der Waals surface area contributed by atoms with Crippen molar-refractivity contribution >= 4 is 33.3 Å². The van der Waals surface area contributed by atoms with Gasteiger partial charge in [-0.2, -0.15) is 0 Å². The van der Waals surface area contributed by atoms with Crippen LogP contribution in [-0.4, -0.2) is 17.3 Å². The summed E-state index contributed by atoms with van der Waals surface area (Å²) in [6.07, 6.45) is 0.791. The predicted octanol–water partition coefficient (Wildman–Crippen LogP) is 3.99. The highest BCUT2D eigenvalue weighted by Crippen LogP contribution is 2.39. The zero-order valence-electron chi connectivity index (χ0n) is 13.5. The quantitative estimate of drug-likeness (QED) is 0.762. The number of carbonyl (C=O) groups excluding carboxylic acids is 3. The molecule has 2 rings (SSSR count). The molecule has 1 fully saturated rings. The second-order valence-corrected chi connectivity index (χ2v) is 6.95. The molecule has 0 aromatic heterocycles. The lowest BCUT2D eigenvalue weighted by atomic mass is 9.73. The first kappa shape index (κ1) is 17.1. The third-order valence-electron chi connectivity index (χ3n) is 4.56. The molecule has 0 N–H and O–H groups in total. The van der Waals surface area contributed by atoms with Crippen LogP contribution in [0.15, 0.2) is 10.5 Å². The molecular weight excluding hydrogens is 344 g/mol. The average molecular weight is 365 g/mol. The largest absolute Gasteiger partial charge is 0.298 e. The van der Waals surface area contributed by atoms with Crippen LogP contribution in [-0.2, 0) is 14.4 Å². The first-order valence-corrected chi connectivity index (χ1v) is 8.41. The Hall–Kier alpha value is -1.29. The Labute approximate surface area is 139 Å². The van der Waals surface area contributed by atoms with Crippen LogP contribution in [0.2, 0.25) is 0 Å². The van der Waals surface area contributed by atoms with Crippen molar-refractivity contribution < 1.29 is 14.4 Å². The summed E-state index contributed by atoms with van der Waals surface area (Å²) in [4.78, 5) is 36.4. The average Bonchev–Trinajstić information content (AvgIpc) is 2.44. The van der Waals surface area contributed by atoms with Gasteiger partial charge in [0.25, 0.3) is 0 Å². The van der Waals surface area contributed by atoms with Crippen LogP contribution in [0.5, 0.6) is 0 Å². The standard InChI is InChI=1S/C18H21BrO3/c1-5-13(20)17-14(21)7-12(8-15(17)22)16-9(2)6-10(3)18(19)11(16)4/h6,12,17H,5,7-8H2,1-4H3. The molecule has 1 aromatic carbocycles. The van der Waals surface area contributed by atoms with E-state index in [0.717, 1.165) is 26.7 Å². The smallest absolute Gasteiger partial charge is 0.151 e. The molecular formula is C18H21BrO3. The maximum atomic E-state index is 12.3. The van der Waals surface area contributed by atoms with E-state index in [9.17, 15) is 14.4 Å². The lowest BCUT2D eigenvalue weighted by Gasteiger charge is -2.28. The van der Waals surface area contributed by atoms with Gasteiger partial charge in [-0.25, -0.2) is 0 Å². The molecule has 0 atom stereocenters. The van der Waals surface area contributed by atoms with E-state index in [1.807, 2.05) is 20.8 Å². The van der Waals surface area contributed by atoms with Crippen molar-refractivity contribution in [3.8, 4) is 0 Å². The minimum atomic E-state index is -1.02. The number of hydrogen-bond donors (Lipinski definition) is 0. The van der Waals surface area contributed by atoms with Gasteiger partial charge in [-0.05, 0) is 48.9 Å². The molecule has 0 amide bonds. The maximum absolute atomic E-state index is 12.3. The first-order chi connectivity index (χ1) is 10.3. The van der Waals surface area contributed by atoms with Gasteiger partial charge in [0.1, 0.15) is 5.92 Å². The fourth-order valence-corrected chi connectivity index (χ4v) is 3.87. The number of halogens is 1. The SMILES string of the molecule is CCC(=O)C1C(=O)CC(c2c(C)cc(C)c(Br)c2C)CC1=O. The van der Waals surface area contributed by atoms with Gasteiger partial charge in [0.2, 0.25) is 0 Å². The van der Waals surface area contributed by atoms with Gasteiger partial charge in [0, 0.05) is 23.7 Å².